The van der Waals surface area contributed by atoms with Gasteiger partial charge >= 0.3 is 6.03 Å². The predicted molar refractivity (Wildman–Crippen MR) is 96.2 cm³/mol. The smallest absolute Gasteiger partial charge is 0.315 e. The highest BCUT2D eigenvalue weighted by Crippen LogP contribution is 2.24. The summed E-state index contributed by atoms with van der Waals surface area (Å²) >= 11 is 0. The number of nitrogens with zero attached hydrogens (tertiary/aromatic N) is 2. The minimum atomic E-state index is -0.173. The van der Waals surface area contributed by atoms with Crippen molar-refractivity contribution in [2.75, 3.05) is 6.61 Å². The molecule has 1 unspecified atom stereocenters. The van der Waals surface area contributed by atoms with Gasteiger partial charge in [-0.25, -0.2) is 9.78 Å². The Balaban J connectivity index is 1.59. The first kappa shape index (κ1) is 17.5. The predicted octanol–water partition coefficient (Wildman–Crippen LogP) is 3.10. The van der Waals surface area contributed by atoms with E-state index in [1.54, 1.807) is 0 Å². The van der Waals surface area contributed by atoms with Gasteiger partial charge in [0, 0.05) is 6.54 Å². The van der Waals surface area contributed by atoms with Crippen LogP contribution in [-0.4, -0.2) is 22.2 Å². The maximum atomic E-state index is 12.3. The van der Waals surface area contributed by atoms with E-state index >= 15 is 0 Å². The third kappa shape index (κ3) is 4.02. The van der Waals surface area contributed by atoms with Gasteiger partial charge in [0.15, 0.2) is 0 Å². The Kier molecular flexibility index (Phi) is 5.38. The molecule has 2 amide bonds. The molecule has 2 aromatic rings. The van der Waals surface area contributed by atoms with E-state index in [-0.39, 0.29) is 12.1 Å². The Hall–Kier alpha value is -2.34. The lowest BCUT2D eigenvalue weighted by molar-refractivity contribution is 0.0805. The van der Waals surface area contributed by atoms with Crippen molar-refractivity contribution in [3.8, 4) is 0 Å². The average Bonchev–Trinajstić information content (AvgIpc) is 3.03. The SMILES string of the molecule is CC(C)c1ccccc1C(C)NC(=O)NCc1cnc2n1CCOC2. The molecule has 1 aliphatic rings. The van der Waals surface area contributed by atoms with Gasteiger partial charge < -0.3 is 19.9 Å². The second kappa shape index (κ2) is 7.70. The monoisotopic (exact) mass is 342 g/mol. The average molecular weight is 342 g/mol. The molecule has 6 nitrogen and oxygen atoms in total. The number of urea groups is 1. The summed E-state index contributed by atoms with van der Waals surface area (Å²) in [5.74, 6) is 1.34. The number of ether oxygens (including phenoxy) is 1. The van der Waals surface area contributed by atoms with Crippen LogP contribution in [0.5, 0.6) is 0 Å². The molecule has 134 valence electrons. The van der Waals surface area contributed by atoms with Crippen LogP contribution in [0.4, 0.5) is 4.79 Å². The van der Waals surface area contributed by atoms with Crippen molar-refractivity contribution in [1.29, 1.82) is 0 Å². The lowest BCUT2D eigenvalue weighted by Gasteiger charge is -2.21. The fourth-order valence-electron chi connectivity index (χ4n) is 3.23. The van der Waals surface area contributed by atoms with Crippen molar-refractivity contribution >= 4 is 6.03 Å². The molecular formula is C19H26N4O2. The molecule has 0 saturated heterocycles. The lowest BCUT2D eigenvalue weighted by Crippen LogP contribution is -2.37. The summed E-state index contributed by atoms with van der Waals surface area (Å²) < 4.78 is 7.50. The number of hydrogen-bond donors (Lipinski definition) is 2. The van der Waals surface area contributed by atoms with Crippen molar-refractivity contribution in [2.45, 2.75) is 52.4 Å². The molecule has 0 spiro atoms. The van der Waals surface area contributed by atoms with Crippen LogP contribution in [0.25, 0.3) is 0 Å². The number of imidazole rings is 1. The number of rotatable bonds is 5. The maximum Gasteiger partial charge on any atom is 0.315 e. The van der Waals surface area contributed by atoms with Crippen molar-refractivity contribution in [3.05, 3.63) is 53.1 Å². The molecule has 0 aliphatic carbocycles. The normalized spacial score (nSPS) is 14.9. The van der Waals surface area contributed by atoms with Gasteiger partial charge in [0.05, 0.1) is 31.1 Å². The Bertz CT molecular complexity index is 739. The van der Waals surface area contributed by atoms with Crippen LogP contribution < -0.4 is 10.6 Å². The molecule has 0 bridgehead atoms. The van der Waals surface area contributed by atoms with Crippen LogP contribution in [0.15, 0.2) is 30.5 Å². The van der Waals surface area contributed by atoms with E-state index in [0.29, 0.717) is 25.7 Å². The number of benzene rings is 1. The molecule has 0 radical (unpaired) electrons. The summed E-state index contributed by atoms with van der Waals surface area (Å²) in [4.78, 5) is 16.6. The van der Waals surface area contributed by atoms with Gasteiger partial charge in [0.2, 0.25) is 0 Å². The summed E-state index contributed by atoms with van der Waals surface area (Å²) in [6.45, 7) is 8.80. The molecular weight excluding hydrogens is 316 g/mol. The Morgan fingerprint density at radius 2 is 2.04 bits per heavy atom. The van der Waals surface area contributed by atoms with Gasteiger partial charge in [-0.2, -0.15) is 0 Å². The molecule has 1 aromatic carbocycles. The van der Waals surface area contributed by atoms with Gasteiger partial charge in [-0.3, -0.25) is 0 Å². The summed E-state index contributed by atoms with van der Waals surface area (Å²) in [7, 11) is 0. The molecule has 25 heavy (non-hydrogen) atoms. The number of fused-ring (bicyclic) bond motifs is 1. The number of hydrogen-bond acceptors (Lipinski definition) is 3. The van der Waals surface area contributed by atoms with Gasteiger partial charge in [-0.05, 0) is 24.0 Å². The first-order chi connectivity index (χ1) is 12.1. The van der Waals surface area contributed by atoms with Crippen molar-refractivity contribution < 1.29 is 9.53 Å². The number of amides is 2. The minimum absolute atomic E-state index is 0.0497. The Morgan fingerprint density at radius 1 is 1.28 bits per heavy atom. The number of aromatic nitrogens is 2. The van der Waals surface area contributed by atoms with Gasteiger partial charge in [-0.15, -0.1) is 0 Å². The highest BCUT2D eigenvalue weighted by Gasteiger charge is 2.17. The zero-order valence-corrected chi connectivity index (χ0v) is 15.1. The Labute approximate surface area is 148 Å². The zero-order chi connectivity index (χ0) is 17.8. The van der Waals surface area contributed by atoms with Gasteiger partial charge in [0.1, 0.15) is 12.4 Å². The van der Waals surface area contributed by atoms with E-state index in [4.69, 9.17) is 4.74 Å². The summed E-state index contributed by atoms with van der Waals surface area (Å²) in [6, 6.07) is 8.03. The highest BCUT2D eigenvalue weighted by atomic mass is 16.5. The van der Waals surface area contributed by atoms with E-state index in [1.807, 2.05) is 25.3 Å². The fraction of sp³-hybridized carbons (Fsp3) is 0.474. The van der Waals surface area contributed by atoms with Crippen LogP contribution in [0.3, 0.4) is 0 Å². The van der Waals surface area contributed by atoms with Gasteiger partial charge in [0.25, 0.3) is 0 Å². The molecule has 1 aromatic heterocycles. The molecule has 0 fully saturated rings. The molecule has 2 N–H and O–H groups in total. The van der Waals surface area contributed by atoms with Crippen LogP contribution in [0.2, 0.25) is 0 Å². The largest absolute Gasteiger partial charge is 0.372 e. The molecule has 2 heterocycles. The number of carbonyl (C=O) groups excluding carboxylic acids is 1. The van der Waals surface area contributed by atoms with E-state index in [2.05, 4.69) is 46.2 Å². The molecule has 6 heteroatoms. The zero-order valence-electron chi connectivity index (χ0n) is 15.1. The quantitative estimate of drug-likeness (QED) is 0.877. The number of nitrogens with one attached hydrogen (secondary N) is 2. The molecule has 3 rings (SSSR count). The lowest BCUT2D eigenvalue weighted by atomic mass is 9.93. The maximum absolute atomic E-state index is 12.3. The van der Waals surface area contributed by atoms with Crippen LogP contribution in [0.1, 0.15) is 55.4 Å². The van der Waals surface area contributed by atoms with E-state index in [1.165, 1.54) is 5.56 Å². The van der Waals surface area contributed by atoms with Gasteiger partial charge in [-0.1, -0.05) is 38.1 Å². The van der Waals surface area contributed by atoms with Crippen molar-refractivity contribution in [3.63, 3.8) is 0 Å². The third-order valence-corrected chi connectivity index (χ3v) is 4.57. The van der Waals surface area contributed by atoms with E-state index in [0.717, 1.165) is 23.6 Å². The van der Waals surface area contributed by atoms with Crippen molar-refractivity contribution in [1.82, 2.24) is 20.2 Å². The third-order valence-electron chi connectivity index (χ3n) is 4.57. The van der Waals surface area contributed by atoms with Crippen LogP contribution in [-0.2, 0) is 24.4 Å². The fourth-order valence-corrected chi connectivity index (χ4v) is 3.23. The summed E-state index contributed by atoms with van der Waals surface area (Å²) in [5, 5.41) is 5.96. The highest BCUT2D eigenvalue weighted by molar-refractivity contribution is 5.74. The first-order valence-electron chi connectivity index (χ1n) is 8.80. The summed E-state index contributed by atoms with van der Waals surface area (Å²) in [5.41, 5.74) is 3.43. The molecule has 1 atom stereocenters. The molecule has 0 saturated carbocycles. The van der Waals surface area contributed by atoms with E-state index in [9.17, 15) is 4.79 Å². The van der Waals surface area contributed by atoms with Crippen LogP contribution in [0, 0.1) is 0 Å². The topological polar surface area (TPSA) is 68.2 Å². The second-order valence-corrected chi connectivity index (χ2v) is 6.70. The first-order valence-corrected chi connectivity index (χ1v) is 8.80. The minimum Gasteiger partial charge on any atom is -0.372 e. The van der Waals surface area contributed by atoms with Crippen LogP contribution >= 0.6 is 0 Å². The van der Waals surface area contributed by atoms with E-state index < -0.39 is 0 Å². The van der Waals surface area contributed by atoms with Crippen molar-refractivity contribution in [2.24, 2.45) is 0 Å². The summed E-state index contributed by atoms with van der Waals surface area (Å²) in [6.07, 6.45) is 1.81. The number of carbonyl (C=O) groups is 1. The second-order valence-electron chi connectivity index (χ2n) is 6.70. The Morgan fingerprint density at radius 3 is 2.80 bits per heavy atom. The standard InChI is InChI=1S/C19H26N4O2/c1-13(2)16-6-4-5-7-17(16)14(3)22-19(24)21-11-15-10-20-18-12-25-9-8-23(15)18/h4-7,10,13-14H,8-9,11-12H2,1-3H3,(H2,21,22,24). The molecule has 1 aliphatic heterocycles.